The molecule has 0 heterocycles. The number of sulfonamides is 1. The summed E-state index contributed by atoms with van der Waals surface area (Å²) >= 11 is 0. The summed E-state index contributed by atoms with van der Waals surface area (Å²) in [7, 11) is -4.43. The summed E-state index contributed by atoms with van der Waals surface area (Å²) in [5.74, 6) is 3.04. The average Bonchev–Trinajstić information content (AvgIpc) is 2.34. The van der Waals surface area contributed by atoms with Gasteiger partial charge in [-0.1, -0.05) is 5.92 Å². The van der Waals surface area contributed by atoms with Crippen LogP contribution in [0.1, 0.15) is 5.56 Å². The Morgan fingerprint density at radius 2 is 1.74 bits per heavy atom. The van der Waals surface area contributed by atoms with E-state index in [0.717, 1.165) is 5.56 Å². The van der Waals surface area contributed by atoms with Crippen LogP contribution in [0.4, 0.5) is 0 Å². The van der Waals surface area contributed by atoms with E-state index in [0.29, 0.717) is 0 Å². The van der Waals surface area contributed by atoms with Gasteiger partial charge in [-0.15, -0.1) is 0 Å². The number of aliphatic hydroxyl groups excluding tert-OH is 1. The molecule has 0 unspecified atom stereocenters. The lowest BCUT2D eigenvalue weighted by molar-refractivity contribution is 0.301. The standard InChI is InChI=1S/C13H19NO3S2/c1-18(2,3)11-8-12-4-6-13(7-5-12)19(16,17)14-9-10-15/h4-7,14-15H,9-10H2,1-3H3. The van der Waals surface area contributed by atoms with Gasteiger partial charge in [0.05, 0.1) is 11.5 Å². The molecule has 0 fully saturated rings. The van der Waals surface area contributed by atoms with Gasteiger partial charge >= 0.3 is 0 Å². The van der Waals surface area contributed by atoms with Crippen molar-refractivity contribution < 1.29 is 13.5 Å². The molecule has 19 heavy (non-hydrogen) atoms. The first-order valence-corrected chi connectivity index (χ1v) is 10.0. The van der Waals surface area contributed by atoms with Crippen LogP contribution in [0, 0.1) is 11.2 Å². The van der Waals surface area contributed by atoms with Crippen molar-refractivity contribution in [3.8, 4) is 11.2 Å². The quantitative estimate of drug-likeness (QED) is 0.814. The van der Waals surface area contributed by atoms with E-state index < -0.39 is 20.1 Å². The van der Waals surface area contributed by atoms with E-state index >= 15 is 0 Å². The fraction of sp³-hybridized carbons (Fsp3) is 0.385. The maximum Gasteiger partial charge on any atom is 0.240 e. The highest BCUT2D eigenvalue weighted by Gasteiger charge is 2.12. The highest BCUT2D eigenvalue weighted by molar-refractivity contribution is 8.35. The molecule has 0 aromatic heterocycles. The summed E-state index contributed by atoms with van der Waals surface area (Å²) in [4.78, 5) is 0.176. The Hall–Kier alpha value is -1.00. The highest BCUT2D eigenvalue weighted by Crippen LogP contribution is 2.32. The molecule has 0 aliphatic rings. The fourth-order valence-electron chi connectivity index (χ4n) is 1.19. The van der Waals surface area contributed by atoms with E-state index in [2.05, 4.69) is 34.7 Å². The van der Waals surface area contributed by atoms with Gasteiger partial charge < -0.3 is 5.11 Å². The molecule has 0 amide bonds. The second kappa shape index (κ2) is 6.44. The molecule has 2 N–H and O–H groups in total. The fourth-order valence-corrected chi connectivity index (χ4v) is 2.64. The maximum atomic E-state index is 11.8. The minimum atomic E-state index is -3.54. The molecular weight excluding hydrogens is 282 g/mol. The zero-order chi connectivity index (χ0) is 14.5. The molecule has 0 aliphatic carbocycles. The summed E-state index contributed by atoms with van der Waals surface area (Å²) in [6.45, 7) is -0.214. The van der Waals surface area contributed by atoms with Gasteiger partial charge in [-0.05, 0) is 48.3 Å². The highest BCUT2D eigenvalue weighted by atomic mass is 32.3. The molecule has 0 bridgehead atoms. The number of hydrogen-bond donors (Lipinski definition) is 2. The molecule has 0 radical (unpaired) electrons. The number of hydrogen-bond acceptors (Lipinski definition) is 3. The molecule has 4 nitrogen and oxygen atoms in total. The number of nitrogens with one attached hydrogen (secondary N) is 1. The molecule has 0 spiro atoms. The van der Waals surface area contributed by atoms with E-state index in [1.165, 1.54) is 12.1 Å². The van der Waals surface area contributed by atoms with Crippen LogP contribution in [0.2, 0.25) is 0 Å². The van der Waals surface area contributed by atoms with E-state index in [9.17, 15) is 8.42 Å². The lowest BCUT2D eigenvalue weighted by Gasteiger charge is -2.14. The van der Waals surface area contributed by atoms with Crippen LogP contribution >= 0.6 is 10.0 Å². The van der Waals surface area contributed by atoms with Gasteiger partial charge in [0.15, 0.2) is 0 Å². The van der Waals surface area contributed by atoms with Crippen LogP contribution in [0.15, 0.2) is 29.2 Å². The van der Waals surface area contributed by atoms with Gasteiger partial charge in [-0.2, -0.15) is 10.0 Å². The van der Waals surface area contributed by atoms with Crippen LogP contribution < -0.4 is 4.72 Å². The average molecular weight is 301 g/mol. The predicted octanol–water partition coefficient (Wildman–Crippen LogP) is 0.960. The Morgan fingerprint density at radius 3 is 2.21 bits per heavy atom. The van der Waals surface area contributed by atoms with E-state index in [1.54, 1.807) is 12.1 Å². The molecule has 0 aliphatic heterocycles. The Labute approximate surface area is 116 Å². The van der Waals surface area contributed by atoms with Crippen molar-refractivity contribution in [3.05, 3.63) is 29.8 Å². The number of benzene rings is 1. The SMILES string of the molecule is CS(C)(C)C#Cc1ccc(S(=O)(=O)NCCO)cc1. The van der Waals surface area contributed by atoms with Crippen LogP contribution in [0.25, 0.3) is 0 Å². The predicted molar refractivity (Wildman–Crippen MR) is 81.0 cm³/mol. The van der Waals surface area contributed by atoms with Crippen LogP contribution in [-0.4, -0.2) is 45.4 Å². The molecule has 0 atom stereocenters. The van der Waals surface area contributed by atoms with Gasteiger partial charge in [-0.25, -0.2) is 13.1 Å². The van der Waals surface area contributed by atoms with E-state index in [-0.39, 0.29) is 18.0 Å². The van der Waals surface area contributed by atoms with Gasteiger partial charge in [0, 0.05) is 12.1 Å². The summed E-state index contributed by atoms with van der Waals surface area (Å²) in [5, 5.41) is 11.8. The normalized spacial score (nSPS) is 12.6. The third-order valence-electron chi connectivity index (χ3n) is 2.07. The second-order valence-corrected chi connectivity index (χ2v) is 10.4. The van der Waals surface area contributed by atoms with Crippen molar-refractivity contribution in [2.24, 2.45) is 0 Å². The van der Waals surface area contributed by atoms with Crippen molar-refractivity contribution in [1.29, 1.82) is 0 Å². The molecule has 1 aromatic rings. The van der Waals surface area contributed by atoms with Crippen LogP contribution in [0.3, 0.4) is 0 Å². The van der Waals surface area contributed by atoms with Crippen molar-refractivity contribution >= 4 is 20.1 Å². The molecule has 1 aromatic carbocycles. The summed E-state index contributed by atoms with van der Waals surface area (Å²) in [5.41, 5.74) is 0.795. The molecule has 0 saturated heterocycles. The number of aliphatic hydroxyl groups is 1. The lowest BCUT2D eigenvalue weighted by atomic mass is 10.2. The molecule has 106 valence electrons. The maximum absolute atomic E-state index is 11.8. The minimum absolute atomic E-state index is 0.0112. The second-order valence-electron chi connectivity index (χ2n) is 4.71. The Morgan fingerprint density at radius 1 is 1.16 bits per heavy atom. The summed E-state index contributed by atoms with van der Waals surface area (Å²) < 4.78 is 25.8. The van der Waals surface area contributed by atoms with Crippen molar-refractivity contribution in [2.45, 2.75) is 4.90 Å². The first kappa shape index (κ1) is 16.1. The van der Waals surface area contributed by atoms with Gasteiger partial charge in [0.2, 0.25) is 10.0 Å². The van der Waals surface area contributed by atoms with Gasteiger partial charge in [0.1, 0.15) is 0 Å². The Balaban J connectivity index is 2.90. The van der Waals surface area contributed by atoms with Crippen molar-refractivity contribution in [3.63, 3.8) is 0 Å². The van der Waals surface area contributed by atoms with Gasteiger partial charge in [0.25, 0.3) is 0 Å². The third-order valence-corrected chi connectivity index (χ3v) is 4.26. The summed E-state index contributed by atoms with van der Waals surface area (Å²) in [6, 6.07) is 6.40. The van der Waals surface area contributed by atoms with Crippen molar-refractivity contribution in [2.75, 3.05) is 31.9 Å². The third kappa shape index (κ3) is 5.66. The monoisotopic (exact) mass is 301 g/mol. The zero-order valence-electron chi connectivity index (χ0n) is 11.3. The van der Waals surface area contributed by atoms with Crippen LogP contribution in [-0.2, 0) is 10.0 Å². The molecule has 1 rings (SSSR count). The summed E-state index contributed by atoms with van der Waals surface area (Å²) in [6.07, 6.45) is 6.28. The number of rotatable bonds is 4. The first-order valence-electron chi connectivity index (χ1n) is 5.66. The Bertz CT molecular complexity index is 575. The van der Waals surface area contributed by atoms with Crippen LogP contribution in [0.5, 0.6) is 0 Å². The van der Waals surface area contributed by atoms with E-state index in [4.69, 9.17) is 5.11 Å². The molecule has 6 heteroatoms. The lowest BCUT2D eigenvalue weighted by Crippen LogP contribution is -2.26. The zero-order valence-corrected chi connectivity index (χ0v) is 12.9. The van der Waals surface area contributed by atoms with Gasteiger partial charge in [-0.3, -0.25) is 0 Å². The Kier molecular flexibility index (Phi) is 5.44. The topological polar surface area (TPSA) is 66.4 Å². The minimum Gasteiger partial charge on any atom is -0.395 e. The smallest absolute Gasteiger partial charge is 0.240 e. The van der Waals surface area contributed by atoms with Crippen molar-refractivity contribution in [1.82, 2.24) is 4.72 Å². The largest absolute Gasteiger partial charge is 0.395 e. The first-order chi connectivity index (χ1) is 8.74. The van der Waals surface area contributed by atoms with E-state index in [1.807, 2.05) is 0 Å². The molecular formula is C13H19NO3S2. The molecule has 0 saturated carbocycles.